The molecule has 1 unspecified atom stereocenters. The fraction of sp³-hybridized carbons (Fsp3) is 0.588. The highest BCUT2D eigenvalue weighted by Crippen LogP contribution is 2.48. The summed E-state index contributed by atoms with van der Waals surface area (Å²) in [6.07, 6.45) is 1.24. The quantitative estimate of drug-likeness (QED) is 0.819. The molecule has 1 amide bonds. The van der Waals surface area contributed by atoms with Crippen LogP contribution in [0.1, 0.15) is 39.2 Å². The van der Waals surface area contributed by atoms with E-state index in [4.69, 9.17) is 10.5 Å². The van der Waals surface area contributed by atoms with Crippen molar-refractivity contribution in [3.05, 3.63) is 35.9 Å². The Kier molecular flexibility index (Phi) is 4.78. The van der Waals surface area contributed by atoms with E-state index < -0.39 is 17.4 Å². The van der Waals surface area contributed by atoms with Crippen molar-refractivity contribution in [2.45, 2.75) is 44.9 Å². The van der Waals surface area contributed by atoms with Gasteiger partial charge in [0, 0.05) is 24.6 Å². The summed E-state index contributed by atoms with van der Waals surface area (Å²) in [4.78, 5) is 14.0. The monoisotopic (exact) mass is 306 g/mol. The normalized spacial score (nSPS) is 17.7. The highest BCUT2D eigenvalue weighted by molar-refractivity contribution is 5.69. The van der Waals surface area contributed by atoms with Crippen molar-refractivity contribution in [1.82, 2.24) is 4.90 Å². The molecule has 0 aliphatic heterocycles. The van der Waals surface area contributed by atoms with Crippen LogP contribution in [0.5, 0.6) is 0 Å². The van der Waals surface area contributed by atoms with Gasteiger partial charge in [0.25, 0.3) is 0 Å². The number of nitrogens with zero attached hydrogens (tertiary/aromatic N) is 1. The minimum absolute atomic E-state index is 0.0222. The minimum atomic E-state index is -1.36. The maximum atomic E-state index is 12.6. The molecule has 1 aliphatic rings. The number of hydrogen-bond acceptors (Lipinski definition) is 4. The highest BCUT2D eigenvalue weighted by Gasteiger charge is 2.51. The Hall–Kier alpha value is -1.59. The van der Waals surface area contributed by atoms with Gasteiger partial charge in [-0.2, -0.15) is 0 Å². The number of aliphatic hydroxyl groups is 1. The van der Waals surface area contributed by atoms with Gasteiger partial charge in [-0.1, -0.05) is 30.3 Å². The molecule has 0 spiro atoms. The van der Waals surface area contributed by atoms with Crippen molar-refractivity contribution < 1.29 is 14.6 Å². The van der Waals surface area contributed by atoms with Gasteiger partial charge in [-0.15, -0.1) is 0 Å². The number of benzene rings is 1. The zero-order valence-electron chi connectivity index (χ0n) is 13.6. The summed E-state index contributed by atoms with van der Waals surface area (Å²) >= 11 is 0. The third-order valence-corrected chi connectivity index (χ3v) is 3.72. The van der Waals surface area contributed by atoms with Gasteiger partial charge in [-0.05, 0) is 33.6 Å². The van der Waals surface area contributed by atoms with Crippen LogP contribution in [0, 0.1) is 5.92 Å². The van der Waals surface area contributed by atoms with Crippen molar-refractivity contribution in [3.8, 4) is 0 Å². The zero-order valence-corrected chi connectivity index (χ0v) is 13.6. The first-order chi connectivity index (χ1) is 10.3. The van der Waals surface area contributed by atoms with Gasteiger partial charge in [0.1, 0.15) is 5.60 Å². The summed E-state index contributed by atoms with van der Waals surface area (Å²) < 4.78 is 5.47. The van der Waals surface area contributed by atoms with Crippen LogP contribution in [0.4, 0.5) is 4.79 Å². The van der Waals surface area contributed by atoms with E-state index in [1.807, 2.05) is 51.1 Å². The molecule has 1 aromatic carbocycles. The van der Waals surface area contributed by atoms with Crippen molar-refractivity contribution in [3.63, 3.8) is 0 Å². The average Bonchev–Trinajstić information content (AvgIpc) is 3.28. The van der Waals surface area contributed by atoms with Crippen LogP contribution in [-0.4, -0.2) is 34.8 Å². The van der Waals surface area contributed by atoms with Crippen LogP contribution in [-0.2, 0) is 10.5 Å². The maximum absolute atomic E-state index is 12.6. The van der Waals surface area contributed by atoms with E-state index in [-0.39, 0.29) is 19.0 Å². The van der Waals surface area contributed by atoms with Gasteiger partial charge in [0.05, 0.1) is 0 Å². The Morgan fingerprint density at radius 1 is 1.32 bits per heavy atom. The van der Waals surface area contributed by atoms with Gasteiger partial charge in [0.2, 0.25) is 0 Å². The molecule has 1 atom stereocenters. The largest absolute Gasteiger partial charge is 0.444 e. The third kappa shape index (κ3) is 3.59. The molecule has 122 valence electrons. The Morgan fingerprint density at radius 2 is 1.91 bits per heavy atom. The van der Waals surface area contributed by atoms with Gasteiger partial charge in [0.15, 0.2) is 5.72 Å². The topological polar surface area (TPSA) is 75.8 Å². The second-order valence-electron chi connectivity index (χ2n) is 6.79. The van der Waals surface area contributed by atoms with E-state index in [0.717, 1.165) is 12.8 Å². The van der Waals surface area contributed by atoms with Crippen LogP contribution >= 0.6 is 0 Å². The SMILES string of the molecule is CC(C)(C)OC(=O)N(CCN)C(O)(c1ccccc1)C1CC1. The molecule has 1 saturated carbocycles. The summed E-state index contributed by atoms with van der Waals surface area (Å²) in [5, 5.41) is 11.4. The van der Waals surface area contributed by atoms with E-state index in [9.17, 15) is 9.90 Å². The summed E-state index contributed by atoms with van der Waals surface area (Å²) in [6.45, 7) is 5.94. The Bertz CT molecular complexity index is 508. The Labute approximate surface area is 132 Å². The van der Waals surface area contributed by atoms with Crippen molar-refractivity contribution in [2.24, 2.45) is 11.7 Å². The van der Waals surface area contributed by atoms with Crippen LogP contribution in [0.15, 0.2) is 30.3 Å². The lowest BCUT2D eigenvalue weighted by Crippen LogP contribution is -2.54. The highest BCUT2D eigenvalue weighted by atomic mass is 16.6. The molecule has 2 rings (SSSR count). The number of carbonyl (C=O) groups excluding carboxylic acids is 1. The second kappa shape index (κ2) is 6.26. The van der Waals surface area contributed by atoms with Crippen molar-refractivity contribution >= 4 is 6.09 Å². The van der Waals surface area contributed by atoms with Crippen LogP contribution in [0.3, 0.4) is 0 Å². The fourth-order valence-corrected chi connectivity index (χ4v) is 2.63. The second-order valence-corrected chi connectivity index (χ2v) is 6.79. The van der Waals surface area contributed by atoms with Gasteiger partial charge in [-0.25, -0.2) is 4.79 Å². The molecule has 5 nitrogen and oxygen atoms in total. The number of nitrogens with two attached hydrogens (primary N) is 1. The Balaban J connectivity index is 2.36. The van der Waals surface area contributed by atoms with E-state index in [2.05, 4.69) is 0 Å². The molecule has 22 heavy (non-hydrogen) atoms. The standard InChI is InChI=1S/C17H26N2O3/c1-16(2,3)22-15(20)19(12-11-18)17(21,14-9-10-14)13-7-5-4-6-8-13/h4-8,14,21H,9-12,18H2,1-3H3. The first-order valence-corrected chi connectivity index (χ1v) is 7.77. The van der Waals surface area contributed by atoms with E-state index >= 15 is 0 Å². The molecule has 0 heterocycles. The fourth-order valence-electron chi connectivity index (χ4n) is 2.63. The molecule has 3 N–H and O–H groups in total. The number of rotatable bonds is 5. The predicted octanol–water partition coefficient (Wildman–Crippen LogP) is 2.44. The van der Waals surface area contributed by atoms with Gasteiger partial charge < -0.3 is 15.6 Å². The van der Waals surface area contributed by atoms with E-state index in [0.29, 0.717) is 5.56 Å². The average molecular weight is 306 g/mol. The smallest absolute Gasteiger partial charge is 0.412 e. The summed E-state index contributed by atoms with van der Waals surface area (Å²) in [7, 11) is 0. The molecule has 5 heteroatoms. The molecular formula is C17H26N2O3. The third-order valence-electron chi connectivity index (χ3n) is 3.72. The van der Waals surface area contributed by atoms with E-state index in [1.54, 1.807) is 0 Å². The maximum Gasteiger partial charge on any atom is 0.412 e. The molecule has 0 bridgehead atoms. The minimum Gasteiger partial charge on any atom is -0.444 e. The number of hydrogen-bond donors (Lipinski definition) is 2. The van der Waals surface area contributed by atoms with Crippen molar-refractivity contribution in [1.29, 1.82) is 0 Å². The lowest BCUT2D eigenvalue weighted by Gasteiger charge is -2.41. The molecule has 0 saturated heterocycles. The lowest BCUT2D eigenvalue weighted by molar-refractivity contribution is -0.127. The number of ether oxygens (including phenoxy) is 1. The van der Waals surface area contributed by atoms with Crippen LogP contribution < -0.4 is 5.73 Å². The zero-order chi connectivity index (χ0) is 16.4. The molecule has 0 radical (unpaired) electrons. The van der Waals surface area contributed by atoms with E-state index in [1.165, 1.54) is 4.90 Å². The van der Waals surface area contributed by atoms with Crippen molar-refractivity contribution in [2.75, 3.05) is 13.1 Å². The number of amides is 1. The van der Waals surface area contributed by atoms with Crippen LogP contribution in [0.25, 0.3) is 0 Å². The first-order valence-electron chi connectivity index (χ1n) is 7.77. The van der Waals surface area contributed by atoms with Gasteiger partial charge in [-0.3, -0.25) is 4.90 Å². The summed E-state index contributed by atoms with van der Waals surface area (Å²) in [5.41, 5.74) is 4.39. The first kappa shape index (κ1) is 16.8. The number of carbonyl (C=O) groups is 1. The van der Waals surface area contributed by atoms with Crippen LogP contribution in [0.2, 0.25) is 0 Å². The molecular weight excluding hydrogens is 280 g/mol. The molecule has 1 fully saturated rings. The van der Waals surface area contributed by atoms with Gasteiger partial charge >= 0.3 is 6.09 Å². The molecule has 1 aromatic rings. The predicted molar refractivity (Wildman–Crippen MR) is 85.1 cm³/mol. The summed E-state index contributed by atoms with van der Waals surface area (Å²) in [6, 6.07) is 9.28. The molecule has 0 aromatic heterocycles. The lowest BCUT2D eigenvalue weighted by atomic mass is 9.96. The molecule has 1 aliphatic carbocycles. The summed E-state index contributed by atoms with van der Waals surface area (Å²) in [5.74, 6) is 0.0222. The Morgan fingerprint density at radius 3 is 2.36 bits per heavy atom.